The summed E-state index contributed by atoms with van der Waals surface area (Å²) < 4.78 is 0. The molecule has 0 aromatic heterocycles. The minimum atomic E-state index is 0.0183. The summed E-state index contributed by atoms with van der Waals surface area (Å²) in [5.74, 6) is 0.707. The lowest BCUT2D eigenvalue weighted by atomic mass is 9.95. The maximum atomic E-state index is 4.14. The van der Waals surface area contributed by atoms with Gasteiger partial charge in [-0.25, -0.2) is 0 Å². The van der Waals surface area contributed by atoms with Crippen LogP contribution in [0, 0.1) is 5.92 Å². The molecule has 0 aromatic carbocycles. The number of azo groups is 1. The van der Waals surface area contributed by atoms with Crippen molar-refractivity contribution in [3.63, 3.8) is 0 Å². The molecule has 0 saturated heterocycles. The van der Waals surface area contributed by atoms with E-state index in [2.05, 4.69) is 43.2 Å². The Kier molecular flexibility index (Phi) is 1.78. The van der Waals surface area contributed by atoms with E-state index in [1.165, 1.54) is 12.8 Å². The number of hydrogen-bond donors (Lipinski definition) is 1. The van der Waals surface area contributed by atoms with Crippen LogP contribution in [0.2, 0.25) is 0 Å². The van der Waals surface area contributed by atoms with Gasteiger partial charge in [-0.15, -0.1) is 0 Å². The van der Waals surface area contributed by atoms with Gasteiger partial charge in [-0.05, 0) is 32.6 Å². The molecule has 1 unspecified atom stereocenters. The van der Waals surface area contributed by atoms with Crippen LogP contribution in [0.5, 0.6) is 0 Å². The third-order valence-corrected chi connectivity index (χ3v) is 3.42. The fraction of sp³-hybridized carbons (Fsp3) is 1.00. The van der Waals surface area contributed by atoms with Crippen LogP contribution in [0.1, 0.15) is 40.5 Å². The summed E-state index contributed by atoms with van der Waals surface area (Å²) in [5, 5.41) is 11.9. The Balaban J connectivity index is 1.97. The van der Waals surface area contributed by atoms with Crippen LogP contribution < -0.4 is 5.32 Å². The van der Waals surface area contributed by atoms with Crippen LogP contribution in [-0.2, 0) is 0 Å². The molecule has 2 aliphatic rings. The molecular weight excluding hydrogens is 162 g/mol. The maximum Gasteiger partial charge on any atom is 0.148 e. The van der Waals surface area contributed by atoms with Crippen molar-refractivity contribution in [3.05, 3.63) is 0 Å². The summed E-state index contributed by atoms with van der Waals surface area (Å²) in [6, 6.07) is 0. The zero-order valence-electron chi connectivity index (χ0n) is 8.96. The molecule has 74 valence electrons. The largest absolute Gasteiger partial charge is 0.286 e. The van der Waals surface area contributed by atoms with E-state index < -0.39 is 0 Å². The fourth-order valence-electron chi connectivity index (χ4n) is 1.85. The summed E-state index contributed by atoms with van der Waals surface area (Å²) >= 11 is 0. The number of rotatable bonds is 3. The molecule has 3 heteroatoms. The van der Waals surface area contributed by atoms with E-state index >= 15 is 0 Å². The van der Waals surface area contributed by atoms with Gasteiger partial charge in [0.25, 0.3) is 0 Å². The van der Waals surface area contributed by atoms with Crippen molar-refractivity contribution in [2.45, 2.75) is 57.8 Å². The molecule has 3 nitrogen and oxygen atoms in total. The highest BCUT2D eigenvalue weighted by Crippen LogP contribution is 2.44. The van der Waals surface area contributed by atoms with Gasteiger partial charge in [0.1, 0.15) is 11.7 Å². The predicted octanol–water partition coefficient (Wildman–Crippen LogP) is 2.34. The first-order chi connectivity index (χ1) is 5.96. The normalized spacial score (nSPS) is 33.2. The van der Waals surface area contributed by atoms with Crippen molar-refractivity contribution < 1.29 is 0 Å². The zero-order chi connectivity index (χ0) is 9.69. The minimum absolute atomic E-state index is 0.0183. The first-order valence-electron chi connectivity index (χ1n) is 5.16. The molecule has 1 fully saturated rings. The van der Waals surface area contributed by atoms with Gasteiger partial charge in [-0.3, -0.25) is 5.32 Å². The molecule has 1 aliphatic heterocycles. The molecule has 1 saturated carbocycles. The first kappa shape index (κ1) is 9.13. The molecule has 0 spiro atoms. The molecule has 2 rings (SSSR count). The Morgan fingerprint density at radius 3 is 2.15 bits per heavy atom. The molecule has 1 atom stereocenters. The Morgan fingerprint density at radius 2 is 1.92 bits per heavy atom. The topological polar surface area (TPSA) is 36.8 Å². The third kappa shape index (κ3) is 1.39. The van der Waals surface area contributed by atoms with Crippen LogP contribution in [0.3, 0.4) is 0 Å². The summed E-state index contributed by atoms with van der Waals surface area (Å²) in [7, 11) is 0. The van der Waals surface area contributed by atoms with Gasteiger partial charge in [0.2, 0.25) is 0 Å². The van der Waals surface area contributed by atoms with Crippen molar-refractivity contribution in [2.75, 3.05) is 0 Å². The predicted molar refractivity (Wildman–Crippen MR) is 52.7 cm³/mol. The van der Waals surface area contributed by atoms with Crippen LogP contribution in [-0.4, -0.2) is 17.2 Å². The third-order valence-electron chi connectivity index (χ3n) is 3.42. The highest BCUT2D eigenvalue weighted by molar-refractivity contribution is 5.09. The van der Waals surface area contributed by atoms with Crippen molar-refractivity contribution in [1.82, 2.24) is 5.32 Å². The molecule has 1 heterocycles. The van der Waals surface area contributed by atoms with Crippen LogP contribution in [0.15, 0.2) is 10.2 Å². The van der Waals surface area contributed by atoms with Gasteiger partial charge in [-0.2, -0.15) is 10.2 Å². The van der Waals surface area contributed by atoms with E-state index in [4.69, 9.17) is 0 Å². The second-order valence-corrected chi connectivity index (χ2v) is 5.23. The Labute approximate surface area is 80.0 Å². The van der Waals surface area contributed by atoms with Gasteiger partial charge >= 0.3 is 0 Å². The average molecular weight is 181 g/mol. The van der Waals surface area contributed by atoms with Crippen molar-refractivity contribution in [1.29, 1.82) is 0 Å². The van der Waals surface area contributed by atoms with Crippen molar-refractivity contribution >= 4 is 0 Å². The molecular formula is C10H19N3. The Bertz CT molecular complexity index is 239. The van der Waals surface area contributed by atoms with Crippen LogP contribution in [0.25, 0.3) is 0 Å². The second-order valence-electron chi connectivity index (χ2n) is 5.23. The van der Waals surface area contributed by atoms with Crippen molar-refractivity contribution in [2.24, 2.45) is 16.1 Å². The zero-order valence-corrected chi connectivity index (χ0v) is 8.96. The van der Waals surface area contributed by atoms with E-state index in [-0.39, 0.29) is 11.7 Å². The highest BCUT2D eigenvalue weighted by Gasteiger charge is 2.50. The van der Waals surface area contributed by atoms with Gasteiger partial charge in [0.15, 0.2) is 0 Å². The van der Waals surface area contributed by atoms with Gasteiger partial charge in [0, 0.05) is 5.54 Å². The van der Waals surface area contributed by atoms with Crippen LogP contribution >= 0.6 is 0 Å². The molecule has 1 aliphatic carbocycles. The molecule has 13 heavy (non-hydrogen) atoms. The van der Waals surface area contributed by atoms with Gasteiger partial charge in [0.05, 0.1) is 0 Å². The minimum Gasteiger partial charge on any atom is -0.286 e. The van der Waals surface area contributed by atoms with E-state index in [1.807, 2.05) is 0 Å². The number of nitrogens with zero attached hydrogens (tertiary/aromatic N) is 2. The summed E-state index contributed by atoms with van der Waals surface area (Å²) in [5.41, 5.74) is 0.395. The quantitative estimate of drug-likeness (QED) is 0.712. The second kappa shape index (κ2) is 2.53. The first-order valence-corrected chi connectivity index (χ1v) is 5.16. The summed E-state index contributed by atoms with van der Waals surface area (Å²) in [4.78, 5) is 0. The van der Waals surface area contributed by atoms with Crippen LogP contribution in [0.4, 0.5) is 0 Å². The monoisotopic (exact) mass is 181 g/mol. The standard InChI is InChI=1S/C10H19N3/c1-7(2)10(5-6-10)11-8-9(3,4)13-12-8/h7-8,11H,5-6H2,1-4H3. The molecule has 0 amide bonds. The Hall–Kier alpha value is -0.440. The molecule has 1 N–H and O–H groups in total. The average Bonchev–Trinajstić information content (AvgIpc) is 2.79. The van der Waals surface area contributed by atoms with E-state index in [0.29, 0.717) is 11.5 Å². The lowest BCUT2D eigenvalue weighted by molar-refractivity contribution is 0.201. The molecule has 0 aromatic rings. The summed E-state index contributed by atoms with van der Waals surface area (Å²) in [6.45, 7) is 8.83. The fourth-order valence-corrected chi connectivity index (χ4v) is 1.85. The number of nitrogens with one attached hydrogen (secondary N) is 1. The number of hydrogen-bond acceptors (Lipinski definition) is 3. The SMILES string of the molecule is CC(C)C1(NC2N=NC2(C)C)CC1. The van der Waals surface area contributed by atoms with Crippen molar-refractivity contribution in [3.8, 4) is 0 Å². The van der Waals surface area contributed by atoms with Gasteiger partial charge < -0.3 is 0 Å². The van der Waals surface area contributed by atoms with E-state index in [0.717, 1.165) is 0 Å². The Morgan fingerprint density at radius 1 is 1.31 bits per heavy atom. The summed E-state index contributed by atoms with van der Waals surface area (Å²) in [6.07, 6.45) is 2.84. The van der Waals surface area contributed by atoms with E-state index in [9.17, 15) is 0 Å². The highest BCUT2D eigenvalue weighted by atomic mass is 15.4. The van der Waals surface area contributed by atoms with E-state index in [1.54, 1.807) is 0 Å². The maximum absolute atomic E-state index is 4.14. The molecule has 0 radical (unpaired) electrons. The van der Waals surface area contributed by atoms with Gasteiger partial charge in [-0.1, -0.05) is 13.8 Å². The molecule has 0 bridgehead atoms. The smallest absolute Gasteiger partial charge is 0.148 e. The lowest BCUT2D eigenvalue weighted by Crippen LogP contribution is -2.55. The lowest BCUT2D eigenvalue weighted by Gasteiger charge is -2.38.